The smallest absolute Gasteiger partial charge is 0.257 e. The van der Waals surface area contributed by atoms with E-state index >= 15 is 0 Å². The summed E-state index contributed by atoms with van der Waals surface area (Å²) in [6, 6.07) is 22.1. The van der Waals surface area contributed by atoms with Crippen molar-refractivity contribution in [3.05, 3.63) is 94.9 Å². The van der Waals surface area contributed by atoms with Crippen molar-refractivity contribution in [1.29, 1.82) is 0 Å². The predicted octanol–water partition coefficient (Wildman–Crippen LogP) is 5.15. The molecule has 2 aromatic carbocycles. The number of likely N-dealkylation sites (tertiary alicyclic amines) is 1. The van der Waals surface area contributed by atoms with Crippen LogP contribution in [0.25, 0.3) is 0 Å². The maximum absolute atomic E-state index is 13.4. The second-order valence-electron chi connectivity index (χ2n) is 9.77. The summed E-state index contributed by atoms with van der Waals surface area (Å²) < 4.78 is 5.42. The molecule has 5 rings (SSSR count). The van der Waals surface area contributed by atoms with Crippen molar-refractivity contribution in [1.82, 2.24) is 9.80 Å². The van der Waals surface area contributed by atoms with E-state index in [9.17, 15) is 4.79 Å². The Bertz CT molecular complexity index is 1060. The van der Waals surface area contributed by atoms with Crippen molar-refractivity contribution in [2.24, 2.45) is 5.92 Å². The molecule has 0 N–H and O–H groups in total. The van der Waals surface area contributed by atoms with Gasteiger partial charge in [-0.1, -0.05) is 54.6 Å². The lowest BCUT2D eigenvalue weighted by Crippen LogP contribution is -2.49. The summed E-state index contributed by atoms with van der Waals surface area (Å²) in [4.78, 5) is 18.0. The van der Waals surface area contributed by atoms with Gasteiger partial charge in [0.25, 0.3) is 5.91 Å². The zero-order valence-corrected chi connectivity index (χ0v) is 19.7. The van der Waals surface area contributed by atoms with Gasteiger partial charge in [0, 0.05) is 19.1 Å². The molecule has 0 spiro atoms. The third-order valence-electron chi connectivity index (χ3n) is 7.86. The van der Waals surface area contributed by atoms with Crippen LogP contribution in [-0.4, -0.2) is 47.9 Å². The molecule has 0 saturated carbocycles. The van der Waals surface area contributed by atoms with E-state index in [2.05, 4.69) is 59.5 Å². The van der Waals surface area contributed by atoms with Crippen molar-refractivity contribution in [3.63, 3.8) is 0 Å². The van der Waals surface area contributed by atoms with Gasteiger partial charge in [0.1, 0.15) is 5.76 Å². The SMILES string of the molecule is Cc1occc1C(=O)N(C)[C@@H](Cc1ccccc1)C1CCN(C2Cc3ccccc3C2)CC1. The van der Waals surface area contributed by atoms with E-state index in [0.29, 0.717) is 23.3 Å². The van der Waals surface area contributed by atoms with Crippen molar-refractivity contribution in [2.45, 2.75) is 51.1 Å². The zero-order chi connectivity index (χ0) is 22.8. The van der Waals surface area contributed by atoms with Crippen LogP contribution in [-0.2, 0) is 19.3 Å². The second kappa shape index (κ2) is 9.56. The average Bonchev–Trinajstić information content (AvgIpc) is 3.48. The molecule has 172 valence electrons. The van der Waals surface area contributed by atoms with Crippen molar-refractivity contribution < 1.29 is 9.21 Å². The first-order valence-corrected chi connectivity index (χ1v) is 12.3. The number of amides is 1. The lowest BCUT2D eigenvalue weighted by atomic mass is 9.84. The molecular weight excluding hydrogens is 408 g/mol. The number of carbonyl (C=O) groups excluding carboxylic acids is 1. The molecule has 4 heteroatoms. The van der Waals surface area contributed by atoms with Crippen LogP contribution < -0.4 is 0 Å². The number of furan rings is 1. The Balaban J connectivity index is 1.29. The highest BCUT2D eigenvalue weighted by Gasteiger charge is 2.35. The summed E-state index contributed by atoms with van der Waals surface area (Å²) in [5, 5.41) is 0. The fourth-order valence-corrected chi connectivity index (χ4v) is 5.89. The normalized spacial score (nSPS) is 18.2. The van der Waals surface area contributed by atoms with Crippen LogP contribution in [0.5, 0.6) is 0 Å². The summed E-state index contributed by atoms with van der Waals surface area (Å²) in [7, 11) is 1.97. The Morgan fingerprint density at radius 1 is 1.00 bits per heavy atom. The molecule has 0 radical (unpaired) electrons. The molecule has 33 heavy (non-hydrogen) atoms. The summed E-state index contributed by atoms with van der Waals surface area (Å²) in [6.45, 7) is 4.09. The maximum atomic E-state index is 13.4. The number of hydrogen-bond acceptors (Lipinski definition) is 3. The van der Waals surface area contributed by atoms with Gasteiger partial charge in [-0.25, -0.2) is 0 Å². The monoisotopic (exact) mass is 442 g/mol. The number of hydrogen-bond donors (Lipinski definition) is 0. The molecule has 1 aliphatic carbocycles. The van der Waals surface area contributed by atoms with Crippen LogP contribution in [0.3, 0.4) is 0 Å². The molecule has 3 aromatic rings. The van der Waals surface area contributed by atoms with Crippen molar-refractivity contribution in [2.75, 3.05) is 20.1 Å². The summed E-state index contributed by atoms with van der Waals surface area (Å²) >= 11 is 0. The third kappa shape index (κ3) is 4.63. The Hall–Kier alpha value is -2.85. The summed E-state index contributed by atoms with van der Waals surface area (Å²) in [5.74, 6) is 1.25. The highest BCUT2D eigenvalue weighted by molar-refractivity contribution is 5.95. The number of nitrogens with zero attached hydrogens (tertiary/aromatic N) is 2. The highest BCUT2D eigenvalue weighted by Crippen LogP contribution is 2.32. The van der Waals surface area contributed by atoms with Gasteiger partial charge in [-0.15, -0.1) is 0 Å². The van der Waals surface area contributed by atoms with Crippen molar-refractivity contribution >= 4 is 5.91 Å². The Morgan fingerprint density at radius 2 is 1.64 bits per heavy atom. The fraction of sp³-hybridized carbons (Fsp3) is 0.414. The van der Waals surface area contributed by atoms with Crippen LogP contribution in [0, 0.1) is 12.8 Å². The molecule has 1 aliphatic heterocycles. The zero-order valence-electron chi connectivity index (χ0n) is 19.7. The molecular formula is C29H34N2O2. The van der Waals surface area contributed by atoms with Crippen LogP contribution in [0.1, 0.15) is 45.7 Å². The Kier molecular flexibility index (Phi) is 6.37. The van der Waals surface area contributed by atoms with E-state index < -0.39 is 0 Å². The van der Waals surface area contributed by atoms with E-state index in [1.165, 1.54) is 29.5 Å². The van der Waals surface area contributed by atoms with Crippen LogP contribution >= 0.6 is 0 Å². The van der Waals surface area contributed by atoms with Gasteiger partial charge in [0.2, 0.25) is 0 Å². The third-order valence-corrected chi connectivity index (χ3v) is 7.86. The minimum Gasteiger partial charge on any atom is -0.469 e. The van der Waals surface area contributed by atoms with Gasteiger partial charge in [0.05, 0.1) is 11.8 Å². The van der Waals surface area contributed by atoms with E-state index in [-0.39, 0.29) is 11.9 Å². The molecule has 1 atom stereocenters. The maximum Gasteiger partial charge on any atom is 0.257 e. The van der Waals surface area contributed by atoms with Gasteiger partial charge in [-0.05, 0) is 80.8 Å². The number of fused-ring (bicyclic) bond motifs is 1. The minimum absolute atomic E-state index is 0.0656. The first kappa shape index (κ1) is 22.0. The predicted molar refractivity (Wildman–Crippen MR) is 131 cm³/mol. The number of rotatable bonds is 6. The van der Waals surface area contributed by atoms with Gasteiger partial charge in [0.15, 0.2) is 0 Å². The van der Waals surface area contributed by atoms with Crippen LogP contribution in [0.2, 0.25) is 0 Å². The molecule has 1 saturated heterocycles. The molecule has 2 aliphatic rings. The molecule has 0 bridgehead atoms. The van der Waals surface area contributed by atoms with E-state index in [4.69, 9.17) is 4.42 Å². The van der Waals surface area contributed by atoms with Gasteiger partial charge in [-0.3, -0.25) is 9.69 Å². The van der Waals surface area contributed by atoms with Gasteiger partial charge < -0.3 is 9.32 Å². The second-order valence-corrected chi connectivity index (χ2v) is 9.77. The van der Waals surface area contributed by atoms with E-state index in [1.54, 1.807) is 12.3 Å². The summed E-state index contributed by atoms with van der Waals surface area (Å²) in [5.41, 5.74) is 5.01. The van der Waals surface area contributed by atoms with Gasteiger partial charge in [-0.2, -0.15) is 0 Å². The molecule has 4 nitrogen and oxygen atoms in total. The molecule has 1 amide bonds. The van der Waals surface area contributed by atoms with Crippen molar-refractivity contribution in [3.8, 4) is 0 Å². The number of carbonyl (C=O) groups is 1. The first-order valence-electron chi connectivity index (χ1n) is 12.3. The number of aryl methyl sites for hydroxylation is 1. The van der Waals surface area contributed by atoms with Crippen LogP contribution in [0.15, 0.2) is 71.3 Å². The molecule has 1 fully saturated rings. The molecule has 2 heterocycles. The Labute approximate surface area is 197 Å². The quantitative estimate of drug-likeness (QED) is 0.530. The fourth-order valence-electron chi connectivity index (χ4n) is 5.89. The van der Waals surface area contributed by atoms with Crippen LogP contribution in [0.4, 0.5) is 0 Å². The van der Waals surface area contributed by atoms with E-state index in [0.717, 1.165) is 32.4 Å². The first-order chi connectivity index (χ1) is 16.1. The Morgan fingerprint density at radius 3 is 2.24 bits per heavy atom. The number of benzene rings is 2. The minimum atomic E-state index is 0.0656. The highest BCUT2D eigenvalue weighted by atomic mass is 16.3. The lowest BCUT2D eigenvalue weighted by molar-refractivity contribution is 0.0547. The molecule has 1 aromatic heterocycles. The largest absolute Gasteiger partial charge is 0.469 e. The topological polar surface area (TPSA) is 36.7 Å². The number of piperidine rings is 1. The van der Waals surface area contributed by atoms with Gasteiger partial charge >= 0.3 is 0 Å². The standard InChI is InChI=1S/C29H34N2O2/c1-21-27(14-17-33-21)29(32)30(2)28(18-22-8-4-3-5-9-22)23-12-15-31(16-13-23)26-19-24-10-6-7-11-25(24)20-26/h3-11,14,17,23,26,28H,12-13,15-16,18-20H2,1-2H3/t28-/m0/s1. The average molecular weight is 443 g/mol. The molecule has 0 unspecified atom stereocenters. The van der Waals surface area contributed by atoms with E-state index in [1.807, 2.05) is 18.9 Å². The lowest BCUT2D eigenvalue weighted by Gasteiger charge is -2.42. The number of likely N-dealkylation sites (N-methyl/N-ethyl adjacent to an activating group) is 1. The summed E-state index contributed by atoms with van der Waals surface area (Å²) in [6.07, 6.45) is 7.11.